The van der Waals surface area contributed by atoms with Crippen LogP contribution in [0.15, 0.2) is 66.7 Å². The molecule has 2 N–H and O–H groups in total. The van der Waals surface area contributed by atoms with Gasteiger partial charge in [-0.3, -0.25) is 9.59 Å². The summed E-state index contributed by atoms with van der Waals surface area (Å²) in [5.41, 5.74) is 4.42. The second-order valence-corrected chi connectivity index (χ2v) is 6.60. The summed E-state index contributed by atoms with van der Waals surface area (Å²) in [5, 5.41) is 5.71. The molecule has 0 radical (unpaired) electrons. The first kappa shape index (κ1) is 19.3. The molecule has 142 valence electrons. The van der Waals surface area contributed by atoms with E-state index >= 15 is 0 Å². The maximum Gasteiger partial charge on any atom is 0.274 e. The van der Waals surface area contributed by atoms with E-state index in [-0.39, 0.29) is 23.2 Å². The van der Waals surface area contributed by atoms with Crippen molar-refractivity contribution in [1.29, 1.82) is 0 Å². The van der Waals surface area contributed by atoms with Crippen molar-refractivity contribution < 1.29 is 9.59 Å². The number of aryl methyl sites for hydroxylation is 1. The molecule has 0 bridgehead atoms. The molecule has 1 heterocycles. The molecule has 0 fully saturated rings. The fourth-order valence-electron chi connectivity index (χ4n) is 2.82. The minimum atomic E-state index is -0.340. The maximum atomic E-state index is 12.5. The van der Waals surface area contributed by atoms with Crippen molar-refractivity contribution >= 4 is 17.5 Å². The number of nitrogens with one attached hydrogen (secondary N) is 2. The Morgan fingerprint density at radius 2 is 1.50 bits per heavy atom. The van der Waals surface area contributed by atoms with Crippen molar-refractivity contribution in [3.8, 4) is 0 Å². The summed E-state index contributed by atoms with van der Waals surface area (Å²) >= 11 is 0. The van der Waals surface area contributed by atoms with Crippen molar-refractivity contribution in [2.24, 2.45) is 0 Å². The number of amides is 2. The van der Waals surface area contributed by atoms with Gasteiger partial charge in [-0.05, 0) is 55.2 Å². The van der Waals surface area contributed by atoms with E-state index in [1.807, 2.05) is 62.4 Å². The summed E-state index contributed by atoms with van der Waals surface area (Å²) in [5.74, 6) is -0.634. The molecule has 5 nitrogen and oxygen atoms in total. The maximum absolute atomic E-state index is 12.5. The van der Waals surface area contributed by atoms with Gasteiger partial charge in [-0.25, -0.2) is 4.98 Å². The van der Waals surface area contributed by atoms with Gasteiger partial charge in [0.25, 0.3) is 11.8 Å². The zero-order valence-electron chi connectivity index (χ0n) is 16.0. The third-order valence-electron chi connectivity index (χ3n) is 4.61. The van der Waals surface area contributed by atoms with Gasteiger partial charge < -0.3 is 10.6 Å². The van der Waals surface area contributed by atoms with E-state index in [0.29, 0.717) is 6.54 Å². The first-order valence-corrected chi connectivity index (χ1v) is 9.21. The summed E-state index contributed by atoms with van der Waals surface area (Å²) in [7, 11) is 0. The topological polar surface area (TPSA) is 71.1 Å². The lowest BCUT2D eigenvalue weighted by Crippen LogP contribution is -2.27. The van der Waals surface area contributed by atoms with Crippen molar-refractivity contribution in [2.75, 3.05) is 11.9 Å². The third-order valence-corrected chi connectivity index (χ3v) is 4.61. The molecule has 0 saturated heterocycles. The highest BCUT2D eigenvalue weighted by molar-refractivity contribution is 6.04. The van der Waals surface area contributed by atoms with Crippen molar-refractivity contribution in [2.45, 2.75) is 20.3 Å². The summed E-state index contributed by atoms with van der Waals surface area (Å²) in [6.45, 7) is 4.45. The second kappa shape index (κ2) is 8.95. The molecule has 5 heteroatoms. The van der Waals surface area contributed by atoms with Gasteiger partial charge in [-0.1, -0.05) is 48.5 Å². The number of anilines is 1. The molecule has 0 atom stereocenters. The van der Waals surface area contributed by atoms with Crippen LogP contribution < -0.4 is 10.6 Å². The lowest BCUT2D eigenvalue weighted by Gasteiger charge is -2.10. The lowest BCUT2D eigenvalue weighted by atomic mass is 10.1. The molecular formula is C23H23N3O2. The second-order valence-electron chi connectivity index (χ2n) is 6.60. The number of rotatable bonds is 6. The fourth-order valence-corrected chi connectivity index (χ4v) is 2.82. The predicted molar refractivity (Wildman–Crippen MR) is 111 cm³/mol. The molecule has 3 rings (SSSR count). The molecule has 1 aromatic heterocycles. The van der Waals surface area contributed by atoms with Crippen LogP contribution >= 0.6 is 0 Å². The van der Waals surface area contributed by atoms with Crippen molar-refractivity contribution in [1.82, 2.24) is 10.3 Å². The van der Waals surface area contributed by atoms with Gasteiger partial charge in [0.05, 0.1) is 0 Å². The van der Waals surface area contributed by atoms with Gasteiger partial charge >= 0.3 is 0 Å². The fraction of sp³-hybridized carbons (Fsp3) is 0.174. The Labute approximate surface area is 164 Å². The predicted octanol–water partition coefficient (Wildman–Crippen LogP) is 3.92. The van der Waals surface area contributed by atoms with Gasteiger partial charge in [0.1, 0.15) is 11.4 Å². The van der Waals surface area contributed by atoms with Crippen LogP contribution in [0.1, 0.15) is 37.7 Å². The molecule has 0 aliphatic carbocycles. The number of nitrogens with zero attached hydrogens (tertiary/aromatic N) is 1. The van der Waals surface area contributed by atoms with Crippen LogP contribution in [-0.4, -0.2) is 23.3 Å². The number of carbonyl (C=O) groups excluding carboxylic acids is 2. The smallest absolute Gasteiger partial charge is 0.274 e. The highest BCUT2D eigenvalue weighted by Gasteiger charge is 2.13. The van der Waals surface area contributed by atoms with Gasteiger partial charge in [-0.2, -0.15) is 0 Å². The third kappa shape index (κ3) is 4.82. The number of hydrogen-bond donors (Lipinski definition) is 2. The highest BCUT2D eigenvalue weighted by atomic mass is 16.2. The van der Waals surface area contributed by atoms with E-state index < -0.39 is 0 Å². The van der Waals surface area contributed by atoms with Gasteiger partial charge in [0.2, 0.25) is 0 Å². The van der Waals surface area contributed by atoms with Crippen LogP contribution in [0.2, 0.25) is 0 Å². The van der Waals surface area contributed by atoms with Gasteiger partial charge in [0.15, 0.2) is 0 Å². The van der Waals surface area contributed by atoms with Crippen LogP contribution in [0.25, 0.3) is 0 Å². The molecule has 0 aliphatic rings. The molecule has 28 heavy (non-hydrogen) atoms. The average Bonchev–Trinajstić information content (AvgIpc) is 2.72. The largest absolute Gasteiger partial charge is 0.350 e. The average molecular weight is 373 g/mol. The Kier molecular flexibility index (Phi) is 6.17. The minimum absolute atomic E-state index is 0.205. The van der Waals surface area contributed by atoms with Crippen LogP contribution in [0.4, 0.5) is 5.69 Å². The summed E-state index contributed by atoms with van der Waals surface area (Å²) < 4.78 is 0. The van der Waals surface area contributed by atoms with Crippen LogP contribution in [0, 0.1) is 13.8 Å². The Morgan fingerprint density at radius 1 is 0.821 bits per heavy atom. The van der Waals surface area contributed by atoms with Crippen LogP contribution in [0.3, 0.4) is 0 Å². The van der Waals surface area contributed by atoms with E-state index in [9.17, 15) is 9.59 Å². The van der Waals surface area contributed by atoms with E-state index in [1.165, 1.54) is 0 Å². The molecule has 0 spiro atoms. The molecule has 0 unspecified atom stereocenters. The van der Waals surface area contributed by atoms with E-state index in [0.717, 1.165) is 28.8 Å². The molecule has 0 saturated carbocycles. The standard InChI is InChI=1S/C23H23N3O2/c1-16-8-6-11-19(17(16)2)26-23(28)21-13-7-12-20(25-21)22(27)24-15-14-18-9-4-3-5-10-18/h3-13H,14-15H2,1-2H3,(H,24,27)(H,26,28). The van der Waals surface area contributed by atoms with Crippen molar-refractivity contribution in [3.05, 3.63) is 94.8 Å². The lowest BCUT2D eigenvalue weighted by molar-refractivity contribution is 0.0949. The number of carbonyl (C=O) groups is 2. The SMILES string of the molecule is Cc1cccc(NC(=O)c2cccc(C(=O)NCCc3ccccc3)n2)c1C. The molecule has 2 aromatic carbocycles. The number of hydrogen-bond acceptors (Lipinski definition) is 3. The minimum Gasteiger partial charge on any atom is -0.350 e. The zero-order chi connectivity index (χ0) is 19.9. The van der Waals surface area contributed by atoms with E-state index in [4.69, 9.17) is 0 Å². The number of pyridine rings is 1. The van der Waals surface area contributed by atoms with E-state index in [2.05, 4.69) is 15.6 Å². The molecular weight excluding hydrogens is 350 g/mol. The first-order valence-electron chi connectivity index (χ1n) is 9.21. The monoisotopic (exact) mass is 373 g/mol. The summed E-state index contributed by atoms with van der Waals surface area (Å²) in [6, 6.07) is 20.5. The molecule has 3 aromatic rings. The molecule has 0 aliphatic heterocycles. The first-order chi connectivity index (χ1) is 13.5. The number of benzene rings is 2. The quantitative estimate of drug-likeness (QED) is 0.688. The highest BCUT2D eigenvalue weighted by Crippen LogP contribution is 2.18. The number of aromatic nitrogens is 1. The van der Waals surface area contributed by atoms with Gasteiger partial charge in [0, 0.05) is 12.2 Å². The zero-order valence-corrected chi connectivity index (χ0v) is 16.0. The van der Waals surface area contributed by atoms with Crippen LogP contribution in [-0.2, 0) is 6.42 Å². The van der Waals surface area contributed by atoms with Gasteiger partial charge in [-0.15, -0.1) is 0 Å². The van der Waals surface area contributed by atoms with Crippen molar-refractivity contribution in [3.63, 3.8) is 0 Å². The Hall–Kier alpha value is -3.47. The normalized spacial score (nSPS) is 10.4. The van der Waals surface area contributed by atoms with Crippen LogP contribution in [0.5, 0.6) is 0 Å². The Balaban J connectivity index is 1.63. The summed E-state index contributed by atoms with van der Waals surface area (Å²) in [6.07, 6.45) is 0.736. The summed E-state index contributed by atoms with van der Waals surface area (Å²) in [4.78, 5) is 29.1. The Bertz CT molecular complexity index is 984. The van der Waals surface area contributed by atoms with E-state index in [1.54, 1.807) is 18.2 Å². The Morgan fingerprint density at radius 3 is 2.25 bits per heavy atom. The molecule has 2 amide bonds.